The second-order valence-electron chi connectivity index (χ2n) is 7.49. The Hall–Kier alpha value is -0.960. The van der Waals surface area contributed by atoms with E-state index in [4.69, 9.17) is 4.74 Å². The largest absolute Gasteiger partial charge is 0.492 e. The van der Waals surface area contributed by atoms with E-state index in [9.17, 15) is 4.79 Å². The SMILES string of the molecule is CSCCC(=O)c1cc(C(C)(C)C)c2c(c1)C(C)(C)CO2. The van der Waals surface area contributed by atoms with Crippen LogP contribution >= 0.6 is 11.8 Å². The summed E-state index contributed by atoms with van der Waals surface area (Å²) in [6.07, 6.45) is 2.64. The van der Waals surface area contributed by atoms with Gasteiger partial charge in [0.15, 0.2) is 5.78 Å². The number of ether oxygens (including phenoxy) is 1. The van der Waals surface area contributed by atoms with E-state index in [2.05, 4.69) is 40.7 Å². The second-order valence-corrected chi connectivity index (χ2v) is 8.47. The third-order valence-corrected chi connectivity index (χ3v) is 4.67. The molecule has 0 atom stereocenters. The van der Waals surface area contributed by atoms with Gasteiger partial charge in [-0.05, 0) is 23.8 Å². The lowest BCUT2D eigenvalue weighted by atomic mass is 9.79. The van der Waals surface area contributed by atoms with Crippen LogP contribution in [0.1, 0.15) is 62.5 Å². The van der Waals surface area contributed by atoms with Gasteiger partial charge in [0.25, 0.3) is 0 Å². The third kappa shape index (κ3) is 3.28. The summed E-state index contributed by atoms with van der Waals surface area (Å²) in [7, 11) is 0. The van der Waals surface area contributed by atoms with E-state index in [0.717, 1.165) is 22.6 Å². The van der Waals surface area contributed by atoms with Crippen LogP contribution in [0.4, 0.5) is 0 Å². The van der Waals surface area contributed by atoms with Gasteiger partial charge in [-0.2, -0.15) is 11.8 Å². The Morgan fingerprint density at radius 1 is 1.33 bits per heavy atom. The summed E-state index contributed by atoms with van der Waals surface area (Å²) in [5, 5.41) is 0. The minimum absolute atomic E-state index is 0.0227. The Balaban J connectivity index is 2.53. The standard InChI is InChI=1S/C18H26O2S/c1-17(2,3)13-9-12(15(19)7-8-21-6)10-14-16(13)20-11-18(14,4)5/h9-10H,7-8,11H2,1-6H3. The smallest absolute Gasteiger partial charge is 0.163 e. The van der Waals surface area contributed by atoms with Crippen LogP contribution in [0, 0.1) is 0 Å². The summed E-state index contributed by atoms with van der Waals surface area (Å²) in [5.41, 5.74) is 3.12. The Labute approximate surface area is 132 Å². The number of fused-ring (bicyclic) bond motifs is 1. The highest BCUT2D eigenvalue weighted by atomic mass is 32.2. The van der Waals surface area contributed by atoms with Crippen molar-refractivity contribution in [1.29, 1.82) is 0 Å². The molecule has 1 aliphatic heterocycles. The van der Waals surface area contributed by atoms with E-state index in [1.165, 1.54) is 5.56 Å². The van der Waals surface area contributed by atoms with Crippen molar-refractivity contribution in [2.45, 2.75) is 51.9 Å². The Morgan fingerprint density at radius 2 is 2.00 bits per heavy atom. The number of benzene rings is 1. The zero-order chi connectivity index (χ0) is 15.8. The predicted molar refractivity (Wildman–Crippen MR) is 91.0 cm³/mol. The highest BCUT2D eigenvalue weighted by Crippen LogP contribution is 2.45. The van der Waals surface area contributed by atoms with Crippen molar-refractivity contribution in [1.82, 2.24) is 0 Å². The van der Waals surface area contributed by atoms with Crippen molar-refractivity contribution in [3.05, 3.63) is 28.8 Å². The van der Waals surface area contributed by atoms with Gasteiger partial charge < -0.3 is 4.74 Å². The zero-order valence-corrected chi connectivity index (χ0v) is 14.8. The first-order chi connectivity index (χ1) is 9.66. The fraction of sp³-hybridized carbons (Fsp3) is 0.611. The van der Waals surface area contributed by atoms with Crippen LogP contribution in [0.15, 0.2) is 12.1 Å². The number of hydrogen-bond acceptors (Lipinski definition) is 3. The van der Waals surface area contributed by atoms with Crippen molar-refractivity contribution in [2.75, 3.05) is 18.6 Å². The van der Waals surface area contributed by atoms with E-state index >= 15 is 0 Å². The highest BCUT2D eigenvalue weighted by Gasteiger charge is 2.36. The topological polar surface area (TPSA) is 26.3 Å². The van der Waals surface area contributed by atoms with Crippen LogP contribution in [0.5, 0.6) is 5.75 Å². The molecule has 0 N–H and O–H groups in total. The fourth-order valence-corrected chi connectivity index (χ4v) is 3.06. The van der Waals surface area contributed by atoms with Crippen LogP contribution in [-0.2, 0) is 10.8 Å². The molecule has 21 heavy (non-hydrogen) atoms. The van der Waals surface area contributed by atoms with Crippen molar-refractivity contribution >= 4 is 17.5 Å². The van der Waals surface area contributed by atoms with E-state index < -0.39 is 0 Å². The molecule has 0 saturated heterocycles. The van der Waals surface area contributed by atoms with Gasteiger partial charge in [0.05, 0.1) is 6.61 Å². The molecule has 0 saturated carbocycles. The van der Waals surface area contributed by atoms with Gasteiger partial charge in [-0.15, -0.1) is 0 Å². The lowest BCUT2D eigenvalue weighted by Crippen LogP contribution is -2.19. The monoisotopic (exact) mass is 306 g/mol. The van der Waals surface area contributed by atoms with Crippen LogP contribution in [0.2, 0.25) is 0 Å². The van der Waals surface area contributed by atoms with Gasteiger partial charge in [0, 0.05) is 34.3 Å². The van der Waals surface area contributed by atoms with Crippen molar-refractivity contribution in [2.24, 2.45) is 0 Å². The maximum absolute atomic E-state index is 12.4. The van der Waals surface area contributed by atoms with Crippen LogP contribution in [0.25, 0.3) is 0 Å². The minimum atomic E-state index is -0.0275. The number of carbonyl (C=O) groups excluding carboxylic acids is 1. The highest BCUT2D eigenvalue weighted by molar-refractivity contribution is 7.98. The number of carbonyl (C=O) groups is 1. The maximum atomic E-state index is 12.4. The lowest BCUT2D eigenvalue weighted by molar-refractivity contribution is 0.0989. The summed E-state index contributed by atoms with van der Waals surface area (Å²) in [6.45, 7) is 11.6. The van der Waals surface area contributed by atoms with Crippen molar-refractivity contribution in [3.63, 3.8) is 0 Å². The van der Waals surface area contributed by atoms with Crippen molar-refractivity contribution in [3.8, 4) is 5.75 Å². The molecule has 0 aliphatic carbocycles. The first-order valence-electron chi connectivity index (χ1n) is 7.51. The summed E-state index contributed by atoms with van der Waals surface area (Å²) in [5.74, 6) is 2.11. The first kappa shape index (κ1) is 16.4. The fourth-order valence-electron chi connectivity index (χ4n) is 2.67. The molecule has 0 fully saturated rings. The summed E-state index contributed by atoms with van der Waals surface area (Å²) < 4.78 is 5.97. The molecule has 1 aromatic rings. The molecular weight excluding hydrogens is 280 g/mol. The number of Topliss-reactive ketones (excluding diaryl/α,β-unsaturated/α-hetero) is 1. The average Bonchev–Trinajstić information content (AvgIpc) is 2.70. The van der Waals surface area contributed by atoms with Crippen LogP contribution in [-0.4, -0.2) is 24.4 Å². The van der Waals surface area contributed by atoms with Gasteiger partial charge in [0.1, 0.15) is 5.75 Å². The molecule has 1 aromatic carbocycles. The number of ketones is 1. The number of rotatable bonds is 4. The molecule has 0 aromatic heterocycles. The van der Waals surface area contributed by atoms with Crippen molar-refractivity contribution < 1.29 is 9.53 Å². The second kappa shape index (κ2) is 5.68. The molecule has 0 radical (unpaired) electrons. The molecule has 1 heterocycles. The van der Waals surface area contributed by atoms with Gasteiger partial charge in [-0.3, -0.25) is 4.79 Å². The van der Waals surface area contributed by atoms with E-state index in [1.807, 2.05) is 12.3 Å². The average molecular weight is 306 g/mol. The Morgan fingerprint density at radius 3 is 2.57 bits per heavy atom. The van der Waals surface area contributed by atoms with Gasteiger partial charge in [-0.25, -0.2) is 0 Å². The molecule has 0 unspecified atom stereocenters. The maximum Gasteiger partial charge on any atom is 0.163 e. The van der Waals surface area contributed by atoms with E-state index in [0.29, 0.717) is 13.0 Å². The molecule has 2 rings (SSSR count). The lowest BCUT2D eigenvalue weighted by Gasteiger charge is -2.24. The van der Waals surface area contributed by atoms with Gasteiger partial charge >= 0.3 is 0 Å². The number of hydrogen-bond donors (Lipinski definition) is 0. The van der Waals surface area contributed by atoms with Gasteiger partial charge in [0.2, 0.25) is 0 Å². The molecular formula is C18H26O2S. The van der Waals surface area contributed by atoms with E-state index in [1.54, 1.807) is 11.8 Å². The van der Waals surface area contributed by atoms with Gasteiger partial charge in [-0.1, -0.05) is 34.6 Å². The van der Waals surface area contributed by atoms with E-state index in [-0.39, 0.29) is 16.6 Å². The third-order valence-electron chi connectivity index (χ3n) is 4.06. The first-order valence-corrected chi connectivity index (χ1v) is 8.90. The molecule has 0 amide bonds. The molecule has 2 nitrogen and oxygen atoms in total. The number of thioether (sulfide) groups is 1. The molecule has 116 valence electrons. The minimum Gasteiger partial charge on any atom is -0.492 e. The summed E-state index contributed by atoms with van der Waals surface area (Å²) >= 11 is 1.71. The predicted octanol–water partition coefficient (Wildman–Crippen LogP) is 4.59. The molecule has 1 aliphatic rings. The molecule has 3 heteroatoms. The molecule has 0 spiro atoms. The quantitative estimate of drug-likeness (QED) is 0.761. The molecule has 0 bridgehead atoms. The zero-order valence-electron chi connectivity index (χ0n) is 14.0. The Kier molecular flexibility index (Phi) is 4.44. The summed E-state index contributed by atoms with van der Waals surface area (Å²) in [6, 6.07) is 4.10. The Bertz CT molecular complexity index is 553. The van der Waals surface area contributed by atoms with Crippen LogP contribution in [0.3, 0.4) is 0 Å². The van der Waals surface area contributed by atoms with Crippen LogP contribution < -0.4 is 4.74 Å². The summed E-state index contributed by atoms with van der Waals surface area (Å²) in [4.78, 5) is 12.4. The normalized spacial score (nSPS) is 16.5.